The Morgan fingerprint density at radius 2 is 1.79 bits per heavy atom. The van der Waals surface area contributed by atoms with E-state index in [1.807, 2.05) is 44.2 Å². The zero-order valence-corrected chi connectivity index (χ0v) is 16.9. The van der Waals surface area contributed by atoms with Gasteiger partial charge in [-0.25, -0.2) is 9.78 Å². The fourth-order valence-corrected chi connectivity index (χ4v) is 2.85. The minimum Gasteiger partial charge on any atom is -0.495 e. The Labute approximate surface area is 170 Å². The first-order valence-corrected chi connectivity index (χ1v) is 9.30. The third-order valence-electron chi connectivity index (χ3n) is 4.14. The molecule has 1 aromatic heterocycles. The number of hydrogen-bond acceptors (Lipinski definition) is 7. The van der Waals surface area contributed by atoms with Crippen LogP contribution in [0.1, 0.15) is 28.5 Å². The topological polar surface area (TPSA) is 85.4 Å². The van der Waals surface area contributed by atoms with E-state index in [1.54, 1.807) is 32.2 Å². The molecule has 1 heterocycles. The number of nitrogens with zero attached hydrogens (tertiary/aromatic N) is 2. The second kappa shape index (κ2) is 9.05. The van der Waals surface area contributed by atoms with Crippen LogP contribution in [0.15, 0.2) is 48.5 Å². The van der Waals surface area contributed by atoms with E-state index < -0.39 is 5.97 Å². The van der Waals surface area contributed by atoms with E-state index in [9.17, 15) is 4.79 Å². The molecule has 0 atom stereocenters. The van der Waals surface area contributed by atoms with Crippen LogP contribution in [0, 0.1) is 13.8 Å². The quantitative estimate of drug-likeness (QED) is 0.560. The summed E-state index contributed by atoms with van der Waals surface area (Å²) in [7, 11) is 1.63. The molecule has 0 spiro atoms. The second-order valence-electron chi connectivity index (χ2n) is 6.44. The van der Waals surface area contributed by atoms with Gasteiger partial charge in [0.15, 0.2) is 0 Å². The van der Waals surface area contributed by atoms with Gasteiger partial charge in [0, 0.05) is 11.8 Å². The predicted molar refractivity (Wildman–Crippen MR) is 113 cm³/mol. The van der Waals surface area contributed by atoms with Gasteiger partial charge in [-0.3, -0.25) is 0 Å². The minimum atomic E-state index is -0.397. The highest BCUT2D eigenvalue weighted by molar-refractivity contribution is 5.96. The van der Waals surface area contributed by atoms with Crippen LogP contribution in [-0.2, 0) is 4.74 Å². The molecule has 29 heavy (non-hydrogen) atoms. The third kappa shape index (κ3) is 5.01. The lowest BCUT2D eigenvalue weighted by molar-refractivity contribution is 0.0527. The number of esters is 1. The molecule has 7 heteroatoms. The number of rotatable bonds is 7. The van der Waals surface area contributed by atoms with E-state index in [2.05, 4.69) is 20.6 Å². The van der Waals surface area contributed by atoms with Crippen molar-refractivity contribution in [1.29, 1.82) is 0 Å². The Morgan fingerprint density at radius 3 is 2.55 bits per heavy atom. The van der Waals surface area contributed by atoms with Crippen molar-refractivity contribution >= 4 is 29.1 Å². The molecule has 0 aliphatic rings. The number of aromatic nitrogens is 2. The van der Waals surface area contributed by atoms with Gasteiger partial charge < -0.3 is 20.1 Å². The molecule has 0 aliphatic carbocycles. The fraction of sp³-hybridized carbons (Fsp3) is 0.227. The number of benzene rings is 2. The normalized spacial score (nSPS) is 10.3. The number of hydrogen-bond donors (Lipinski definition) is 2. The zero-order valence-electron chi connectivity index (χ0n) is 16.9. The van der Waals surface area contributed by atoms with Crippen molar-refractivity contribution in [3.63, 3.8) is 0 Å². The number of carbonyl (C=O) groups is 1. The molecule has 0 bridgehead atoms. The number of anilines is 4. The summed E-state index contributed by atoms with van der Waals surface area (Å²) in [4.78, 5) is 21.2. The van der Waals surface area contributed by atoms with E-state index in [0.717, 1.165) is 16.9 Å². The minimum absolute atomic E-state index is 0.306. The molecule has 7 nitrogen and oxygen atoms in total. The van der Waals surface area contributed by atoms with Crippen LogP contribution in [0.2, 0.25) is 0 Å². The molecule has 0 saturated carbocycles. The third-order valence-corrected chi connectivity index (χ3v) is 4.14. The number of nitrogens with one attached hydrogen (secondary N) is 2. The number of ether oxygens (including phenoxy) is 2. The number of para-hydroxylation sites is 1. The number of carbonyl (C=O) groups excluding carboxylic acids is 1. The van der Waals surface area contributed by atoms with Crippen molar-refractivity contribution < 1.29 is 14.3 Å². The van der Waals surface area contributed by atoms with Gasteiger partial charge in [-0.05, 0) is 50.6 Å². The molecule has 3 rings (SSSR count). The van der Waals surface area contributed by atoms with Gasteiger partial charge in [0.2, 0.25) is 5.95 Å². The number of methoxy groups -OCH3 is 1. The summed E-state index contributed by atoms with van der Waals surface area (Å²) in [5.74, 6) is 1.30. The standard InChI is InChI=1S/C22H24N4O3/c1-5-29-21(27)16-8-6-7-9-17(16)25-22-23-15(3)13-20(26-22)24-18-12-14(2)10-11-19(18)28-4/h6-13H,5H2,1-4H3,(H2,23,24,25,26). The van der Waals surface area contributed by atoms with Crippen molar-refractivity contribution in [3.05, 3.63) is 65.4 Å². The van der Waals surface area contributed by atoms with Crippen molar-refractivity contribution in [1.82, 2.24) is 9.97 Å². The van der Waals surface area contributed by atoms with E-state index in [4.69, 9.17) is 9.47 Å². The Bertz CT molecular complexity index is 1020. The maximum atomic E-state index is 12.2. The van der Waals surface area contributed by atoms with E-state index in [-0.39, 0.29) is 0 Å². The first kappa shape index (κ1) is 20.1. The van der Waals surface area contributed by atoms with Crippen LogP contribution in [0.3, 0.4) is 0 Å². The first-order valence-electron chi connectivity index (χ1n) is 9.30. The highest BCUT2D eigenvalue weighted by Gasteiger charge is 2.14. The Hall–Kier alpha value is -3.61. The lowest BCUT2D eigenvalue weighted by atomic mass is 10.2. The monoisotopic (exact) mass is 392 g/mol. The van der Waals surface area contributed by atoms with E-state index in [0.29, 0.717) is 35.4 Å². The summed E-state index contributed by atoms with van der Waals surface area (Å²) >= 11 is 0. The smallest absolute Gasteiger partial charge is 0.340 e. The van der Waals surface area contributed by atoms with Crippen LogP contribution >= 0.6 is 0 Å². The summed E-state index contributed by atoms with van der Waals surface area (Å²) in [5.41, 5.74) is 3.68. The molecular formula is C22H24N4O3. The van der Waals surface area contributed by atoms with Crippen molar-refractivity contribution in [2.24, 2.45) is 0 Å². The summed E-state index contributed by atoms with van der Waals surface area (Å²) < 4.78 is 10.5. The van der Waals surface area contributed by atoms with Crippen molar-refractivity contribution in [3.8, 4) is 5.75 Å². The van der Waals surface area contributed by atoms with Crippen LogP contribution < -0.4 is 15.4 Å². The molecule has 0 fully saturated rings. The average molecular weight is 392 g/mol. The molecular weight excluding hydrogens is 368 g/mol. The predicted octanol–water partition coefficient (Wildman–Crippen LogP) is 4.77. The van der Waals surface area contributed by atoms with Gasteiger partial charge >= 0.3 is 5.97 Å². The van der Waals surface area contributed by atoms with Crippen LogP contribution in [0.25, 0.3) is 0 Å². The molecule has 150 valence electrons. The fourth-order valence-electron chi connectivity index (χ4n) is 2.85. The summed E-state index contributed by atoms with van der Waals surface area (Å²) in [6.07, 6.45) is 0. The second-order valence-corrected chi connectivity index (χ2v) is 6.44. The van der Waals surface area contributed by atoms with Gasteiger partial charge in [0.05, 0.1) is 30.7 Å². The molecule has 0 unspecified atom stereocenters. The van der Waals surface area contributed by atoms with Gasteiger partial charge in [0.25, 0.3) is 0 Å². The maximum absolute atomic E-state index is 12.2. The molecule has 0 amide bonds. The van der Waals surface area contributed by atoms with Gasteiger partial charge in [-0.2, -0.15) is 4.98 Å². The van der Waals surface area contributed by atoms with Crippen LogP contribution in [0.4, 0.5) is 23.1 Å². The van der Waals surface area contributed by atoms with Crippen LogP contribution in [0.5, 0.6) is 5.75 Å². The van der Waals surface area contributed by atoms with Gasteiger partial charge in [-0.15, -0.1) is 0 Å². The Kier molecular flexibility index (Phi) is 6.29. The van der Waals surface area contributed by atoms with E-state index in [1.165, 1.54) is 0 Å². The summed E-state index contributed by atoms with van der Waals surface area (Å²) in [5, 5.41) is 6.41. The highest BCUT2D eigenvalue weighted by Crippen LogP contribution is 2.29. The zero-order chi connectivity index (χ0) is 20.8. The first-order chi connectivity index (χ1) is 14.0. The van der Waals surface area contributed by atoms with Gasteiger partial charge in [0.1, 0.15) is 11.6 Å². The molecule has 0 aliphatic heterocycles. The lowest BCUT2D eigenvalue weighted by Gasteiger charge is -2.14. The number of aryl methyl sites for hydroxylation is 2. The van der Waals surface area contributed by atoms with Crippen molar-refractivity contribution in [2.75, 3.05) is 24.4 Å². The SMILES string of the molecule is CCOC(=O)c1ccccc1Nc1nc(C)cc(Nc2cc(C)ccc2OC)n1. The molecule has 3 aromatic rings. The Morgan fingerprint density at radius 1 is 1.00 bits per heavy atom. The lowest BCUT2D eigenvalue weighted by Crippen LogP contribution is -2.09. The largest absolute Gasteiger partial charge is 0.495 e. The van der Waals surface area contributed by atoms with E-state index >= 15 is 0 Å². The van der Waals surface area contributed by atoms with Gasteiger partial charge in [-0.1, -0.05) is 18.2 Å². The summed E-state index contributed by atoms with van der Waals surface area (Å²) in [6.45, 7) is 5.97. The maximum Gasteiger partial charge on any atom is 0.340 e. The Balaban J connectivity index is 1.90. The molecule has 2 N–H and O–H groups in total. The molecule has 0 saturated heterocycles. The summed E-state index contributed by atoms with van der Waals surface area (Å²) in [6, 6.07) is 14.8. The highest BCUT2D eigenvalue weighted by atomic mass is 16.5. The molecule has 2 aromatic carbocycles. The van der Waals surface area contributed by atoms with Crippen LogP contribution in [-0.4, -0.2) is 29.7 Å². The van der Waals surface area contributed by atoms with Crippen molar-refractivity contribution in [2.45, 2.75) is 20.8 Å². The molecule has 0 radical (unpaired) electrons. The average Bonchev–Trinajstić information content (AvgIpc) is 2.68.